The van der Waals surface area contributed by atoms with Gasteiger partial charge in [-0.3, -0.25) is 0 Å². The predicted octanol–water partition coefficient (Wildman–Crippen LogP) is 2.26. The highest BCUT2D eigenvalue weighted by atomic mass is 32.2. The molecule has 3 nitrogen and oxygen atoms in total. The van der Waals surface area contributed by atoms with Gasteiger partial charge in [-0.1, -0.05) is 24.8 Å². The fraction of sp³-hybridized carbons (Fsp3) is 0.308. The Morgan fingerprint density at radius 2 is 2.12 bits per heavy atom. The Morgan fingerprint density at radius 1 is 1.47 bits per heavy atom. The summed E-state index contributed by atoms with van der Waals surface area (Å²) < 4.78 is 4.97. The van der Waals surface area contributed by atoms with Crippen molar-refractivity contribution in [3.63, 3.8) is 0 Å². The number of carbonyl (C=O) groups is 1. The average Bonchev–Trinajstić information content (AvgIpc) is 2.34. The molecule has 4 heteroatoms. The minimum absolute atomic E-state index is 0.0923. The molecule has 0 saturated heterocycles. The van der Waals surface area contributed by atoms with Crippen molar-refractivity contribution in [1.82, 2.24) is 0 Å². The topological polar surface area (TPSA) is 46.5 Å². The Hall–Kier alpha value is -1.26. The maximum atomic E-state index is 11.3. The van der Waals surface area contributed by atoms with Gasteiger partial charge < -0.3 is 9.84 Å². The fourth-order valence-corrected chi connectivity index (χ4v) is 1.83. The smallest absolute Gasteiger partial charge is 0.336 e. The Balaban J connectivity index is 2.21. The first kappa shape index (κ1) is 13.8. The van der Waals surface area contributed by atoms with Gasteiger partial charge >= 0.3 is 5.97 Å². The van der Waals surface area contributed by atoms with Crippen LogP contribution in [-0.4, -0.2) is 29.5 Å². The molecule has 0 unspecified atom stereocenters. The van der Waals surface area contributed by atoms with Crippen molar-refractivity contribution in [2.45, 2.75) is 17.9 Å². The predicted molar refractivity (Wildman–Crippen MR) is 68.9 cm³/mol. The second-order valence-corrected chi connectivity index (χ2v) is 4.67. The summed E-state index contributed by atoms with van der Waals surface area (Å²) in [5.74, 6) is 0.150. The summed E-state index contributed by atoms with van der Waals surface area (Å²) in [6.07, 6.45) is -0.857. The van der Waals surface area contributed by atoms with Crippen LogP contribution in [0.2, 0.25) is 0 Å². The second kappa shape index (κ2) is 7.14. The lowest BCUT2D eigenvalue weighted by Gasteiger charge is -2.08. The van der Waals surface area contributed by atoms with Crippen LogP contribution in [-0.2, 0) is 9.53 Å². The lowest BCUT2D eigenvalue weighted by molar-refractivity contribution is -0.139. The van der Waals surface area contributed by atoms with Crippen LogP contribution in [0.15, 0.2) is 47.4 Å². The molecule has 0 spiro atoms. The highest BCUT2D eigenvalue weighted by Gasteiger charge is 2.12. The van der Waals surface area contributed by atoms with Crippen LogP contribution in [0.25, 0.3) is 0 Å². The Bertz CT molecular complexity index is 374. The molecule has 17 heavy (non-hydrogen) atoms. The normalized spacial score (nSPS) is 11.9. The second-order valence-electron chi connectivity index (χ2n) is 3.50. The third-order valence-corrected chi connectivity index (χ3v) is 3.07. The minimum atomic E-state index is -0.857. The summed E-state index contributed by atoms with van der Waals surface area (Å²) in [6, 6.07) is 9.88. The number of thioether (sulfide) groups is 1. The van der Waals surface area contributed by atoms with Gasteiger partial charge in [0.05, 0.1) is 11.7 Å². The van der Waals surface area contributed by atoms with Gasteiger partial charge in [-0.2, -0.15) is 0 Å². The van der Waals surface area contributed by atoms with E-state index in [1.165, 1.54) is 6.92 Å². The van der Waals surface area contributed by atoms with Crippen LogP contribution < -0.4 is 0 Å². The average molecular weight is 252 g/mol. The highest BCUT2D eigenvalue weighted by molar-refractivity contribution is 7.99. The van der Waals surface area contributed by atoms with Crippen LogP contribution in [0.3, 0.4) is 0 Å². The molecule has 0 saturated carbocycles. The van der Waals surface area contributed by atoms with Crippen molar-refractivity contribution in [3.8, 4) is 0 Å². The lowest BCUT2D eigenvalue weighted by Crippen LogP contribution is -2.17. The molecule has 0 fully saturated rings. The number of hydrogen-bond acceptors (Lipinski definition) is 4. The Morgan fingerprint density at radius 3 is 2.71 bits per heavy atom. The molecule has 1 atom stereocenters. The molecular formula is C13H16O3S. The summed E-state index contributed by atoms with van der Waals surface area (Å²) in [5.41, 5.74) is 0.0923. The van der Waals surface area contributed by atoms with E-state index in [2.05, 4.69) is 6.58 Å². The van der Waals surface area contributed by atoms with Gasteiger partial charge in [0, 0.05) is 10.6 Å². The monoisotopic (exact) mass is 252 g/mol. The molecule has 0 amide bonds. The van der Waals surface area contributed by atoms with Crippen molar-refractivity contribution < 1.29 is 14.6 Å². The molecule has 0 aliphatic heterocycles. The van der Waals surface area contributed by atoms with E-state index in [4.69, 9.17) is 9.84 Å². The number of benzene rings is 1. The summed E-state index contributed by atoms with van der Waals surface area (Å²) >= 11 is 1.61. The summed E-state index contributed by atoms with van der Waals surface area (Å²) in [5, 5.41) is 9.12. The highest BCUT2D eigenvalue weighted by Crippen LogP contribution is 2.16. The van der Waals surface area contributed by atoms with Crippen LogP contribution in [0.4, 0.5) is 0 Å². The number of aliphatic hydroxyl groups excluding tert-OH is 1. The zero-order valence-electron chi connectivity index (χ0n) is 9.76. The van der Waals surface area contributed by atoms with E-state index in [1.807, 2.05) is 30.3 Å². The first-order chi connectivity index (χ1) is 8.11. The fourth-order valence-electron chi connectivity index (χ4n) is 1.07. The van der Waals surface area contributed by atoms with Crippen LogP contribution in [0.1, 0.15) is 6.92 Å². The molecule has 1 rings (SSSR count). The van der Waals surface area contributed by atoms with E-state index in [-0.39, 0.29) is 5.57 Å². The lowest BCUT2D eigenvalue weighted by atomic mass is 10.2. The molecule has 1 aromatic carbocycles. The van der Waals surface area contributed by atoms with E-state index in [0.29, 0.717) is 12.4 Å². The Kier molecular flexibility index (Phi) is 5.80. The molecule has 0 aromatic heterocycles. The molecular weight excluding hydrogens is 236 g/mol. The third kappa shape index (κ3) is 5.06. The van der Waals surface area contributed by atoms with Crippen molar-refractivity contribution >= 4 is 17.7 Å². The largest absolute Gasteiger partial charge is 0.461 e. The standard InChI is InChI=1S/C13H16O3S/c1-10(11(2)14)13(15)16-8-9-17-12-6-4-3-5-7-12/h3-7,11,14H,1,8-9H2,2H3/t11-/m0/s1. The van der Waals surface area contributed by atoms with E-state index in [9.17, 15) is 4.79 Å². The van der Waals surface area contributed by atoms with Crippen LogP contribution in [0, 0.1) is 0 Å². The van der Waals surface area contributed by atoms with Gasteiger partial charge in [0.15, 0.2) is 0 Å². The molecule has 0 heterocycles. The van der Waals surface area contributed by atoms with E-state index in [1.54, 1.807) is 11.8 Å². The van der Waals surface area contributed by atoms with Gasteiger partial charge in [-0.05, 0) is 19.1 Å². The molecule has 1 N–H and O–H groups in total. The Labute approximate surface area is 105 Å². The van der Waals surface area contributed by atoms with Crippen molar-refractivity contribution in [3.05, 3.63) is 42.5 Å². The molecule has 0 aliphatic rings. The number of ether oxygens (including phenoxy) is 1. The maximum absolute atomic E-state index is 11.3. The summed E-state index contributed by atoms with van der Waals surface area (Å²) in [6.45, 7) is 5.26. The number of aliphatic hydroxyl groups is 1. The molecule has 0 bridgehead atoms. The SMILES string of the molecule is C=C(C(=O)OCCSc1ccccc1)[C@H](C)O. The third-order valence-electron chi connectivity index (χ3n) is 2.09. The van der Waals surface area contributed by atoms with Gasteiger partial charge in [-0.25, -0.2) is 4.79 Å². The van der Waals surface area contributed by atoms with Crippen molar-refractivity contribution in [2.75, 3.05) is 12.4 Å². The summed E-state index contributed by atoms with van der Waals surface area (Å²) in [7, 11) is 0. The molecule has 1 aromatic rings. The maximum Gasteiger partial charge on any atom is 0.336 e. The van der Waals surface area contributed by atoms with Crippen LogP contribution >= 0.6 is 11.8 Å². The number of hydrogen-bond donors (Lipinski definition) is 1. The molecule has 92 valence electrons. The van der Waals surface area contributed by atoms with Gasteiger partial charge in [-0.15, -0.1) is 11.8 Å². The first-order valence-electron chi connectivity index (χ1n) is 5.33. The van der Waals surface area contributed by atoms with Gasteiger partial charge in [0.25, 0.3) is 0 Å². The number of carbonyl (C=O) groups excluding carboxylic acids is 1. The van der Waals surface area contributed by atoms with E-state index >= 15 is 0 Å². The van der Waals surface area contributed by atoms with E-state index in [0.717, 1.165) is 4.90 Å². The molecule has 0 radical (unpaired) electrons. The summed E-state index contributed by atoms with van der Waals surface area (Å²) in [4.78, 5) is 12.4. The molecule has 0 aliphatic carbocycles. The first-order valence-corrected chi connectivity index (χ1v) is 6.31. The minimum Gasteiger partial charge on any atom is -0.461 e. The number of rotatable bonds is 6. The van der Waals surface area contributed by atoms with Gasteiger partial charge in [0.1, 0.15) is 6.61 Å². The zero-order valence-corrected chi connectivity index (χ0v) is 10.6. The quantitative estimate of drug-likeness (QED) is 0.365. The van der Waals surface area contributed by atoms with Gasteiger partial charge in [0.2, 0.25) is 0 Å². The van der Waals surface area contributed by atoms with Crippen LogP contribution in [0.5, 0.6) is 0 Å². The van der Waals surface area contributed by atoms with E-state index < -0.39 is 12.1 Å². The zero-order chi connectivity index (χ0) is 12.7. The number of esters is 1. The van der Waals surface area contributed by atoms with Crippen molar-refractivity contribution in [1.29, 1.82) is 0 Å². The van der Waals surface area contributed by atoms with Crippen molar-refractivity contribution in [2.24, 2.45) is 0 Å².